The van der Waals surface area contributed by atoms with E-state index in [0.29, 0.717) is 25.2 Å². The lowest BCUT2D eigenvalue weighted by Gasteiger charge is -2.14. The molecule has 0 bridgehead atoms. The first-order chi connectivity index (χ1) is 17.3. The largest absolute Gasteiger partial charge is 0.507 e. The molecule has 3 N–H and O–H groups in total. The number of hydrogen-bond donors (Lipinski definition) is 3. The highest BCUT2D eigenvalue weighted by Crippen LogP contribution is 2.37. The molecule has 0 aromatic heterocycles. The summed E-state index contributed by atoms with van der Waals surface area (Å²) in [5.74, 6) is -1.57. The van der Waals surface area contributed by atoms with Crippen molar-refractivity contribution >= 4 is 29.7 Å². The second kappa shape index (κ2) is 17.4. The van der Waals surface area contributed by atoms with Crippen molar-refractivity contribution in [2.45, 2.75) is 59.0 Å². The molecule has 1 atom stereocenters. The normalized spacial score (nSPS) is 19.1. The van der Waals surface area contributed by atoms with E-state index in [9.17, 15) is 24.9 Å². The Balaban J connectivity index is 0.000000613. The Labute approximate surface area is 217 Å². The summed E-state index contributed by atoms with van der Waals surface area (Å²) in [5, 5.41) is 33.9. The number of oxime groups is 1. The standard InChI is InChI=1S/C19H22ClNO6.C7H15NO/c1-2-27-21-12-6-5-8-13(22)7-3-4-9-26-19(25)17-14(10-12)18(20)16(24)11-15(17)23;1-3-5-6-8(4-2)7-9/h3,5-7,11,13,22-24H,2,4,8-10H2,1H3;7H,3-6H2,1-2H3/b6-5+,7-3+,21-12-;. The molecule has 36 heavy (non-hydrogen) atoms. The molecule has 0 fully saturated rings. The Hall–Kier alpha value is -3.04. The van der Waals surface area contributed by atoms with Gasteiger partial charge in [-0.2, -0.15) is 0 Å². The van der Waals surface area contributed by atoms with E-state index in [0.717, 1.165) is 38.4 Å². The van der Waals surface area contributed by atoms with E-state index in [4.69, 9.17) is 21.2 Å². The van der Waals surface area contributed by atoms with Crippen LogP contribution in [-0.4, -0.2) is 70.7 Å². The Bertz CT molecular complexity index is 931. The maximum atomic E-state index is 12.5. The zero-order valence-electron chi connectivity index (χ0n) is 21.2. The van der Waals surface area contributed by atoms with Crippen LogP contribution in [0.4, 0.5) is 0 Å². The minimum atomic E-state index is -0.768. The molecule has 1 aliphatic rings. The number of phenolic OH excluding ortho intramolecular Hbond substituents is 2. The molecule has 9 nitrogen and oxygen atoms in total. The number of nitrogens with zero attached hydrogens (tertiary/aromatic N) is 2. The van der Waals surface area contributed by atoms with E-state index in [1.807, 2.05) is 6.92 Å². The predicted octanol–water partition coefficient (Wildman–Crippen LogP) is 4.37. The predicted molar refractivity (Wildman–Crippen MR) is 140 cm³/mol. The number of benzene rings is 1. The molecule has 0 saturated carbocycles. The van der Waals surface area contributed by atoms with Crippen LogP contribution < -0.4 is 0 Å². The highest BCUT2D eigenvalue weighted by Gasteiger charge is 2.24. The van der Waals surface area contributed by atoms with E-state index >= 15 is 0 Å². The van der Waals surface area contributed by atoms with Crippen LogP contribution in [0, 0.1) is 0 Å². The summed E-state index contributed by atoms with van der Waals surface area (Å²) in [6.07, 6.45) is 9.94. The molecular weight excluding hydrogens is 488 g/mol. The summed E-state index contributed by atoms with van der Waals surface area (Å²) >= 11 is 6.18. The number of aliphatic hydroxyl groups is 1. The minimum absolute atomic E-state index is 0.00760. The molecule has 1 aliphatic heterocycles. The lowest BCUT2D eigenvalue weighted by atomic mass is 9.99. The smallest absolute Gasteiger partial charge is 0.342 e. The fourth-order valence-electron chi connectivity index (χ4n) is 3.14. The van der Waals surface area contributed by atoms with Gasteiger partial charge in [0.15, 0.2) is 0 Å². The maximum absolute atomic E-state index is 12.5. The quantitative estimate of drug-likeness (QED) is 0.209. The summed E-state index contributed by atoms with van der Waals surface area (Å²) < 4.78 is 5.18. The number of aliphatic hydroxyl groups excluding tert-OH is 1. The number of carbonyl (C=O) groups is 2. The third-order valence-electron chi connectivity index (χ3n) is 5.11. The number of cyclic esters (lactones) is 1. The van der Waals surface area contributed by atoms with Gasteiger partial charge in [0.1, 0.15) is 23.7 Å². The van der Waals surface area contributed by atoms with Crippen molar-refractivity contribution in [2.24, 2.45) is 5.16 Å². The van der Waals surface area contributed by atoms with Crippen molar-refractivity contribution in [3.05, 3.63) is 46.5 Å². The number of phenols is 2. The summed E-state index contributed by atoms with van der Waals surface area (Å²) in [6.45, 7) is 8.02. The number of halogens is 1. The average Bonchev–Trinajstić information content (AvgIpc) is 2.85. The minimum Gasteiger partial charge on any atom is -0.507 e. The molecule has 1 unspecified atom stereocenters. The number of allylic oxidation sites excluding steroid dienone is 1. The topological polar surface area (TPSA) is 129 Å². The van der Waals surface area contributed by atoms with Gasteiger partial charge in [0.25, 0.3) is 0 Å². The van der Waals surface area contributed by atoms with Gasteiger partial charge in [-0.15, -0.1) is 0 Å². The van der Waals surface area contributed by atoms with Gasteiger partial charge in [-0.1, -0.05) is 48.3 Å². The SMILES string of the molecule is CCCCN(C=O)CC.CCO/N=C1/C=C/CC(O)/C=C/CCOC(=O)c2c(O)cc(O)c(Cl)c2C1. The molecule has 0 radical (unpaired) electrons. The van der Waals surface area contributed by atoms with Gasteiger partial charge in [-0.05, 0) is 44.7 Å². The molecule has 0 saturated heterocycles. The van der Waals surface area contributed by atoms with Gasteiger partial charge in [0.05, 0.1) is 23.4 Å². The van der Waals surface area contributed by atoms with Crippen molar-refractivity contribution in [1.29, 1.82) is 0 Å². The van der Waals surface area contributed by atoms with Crippen LogP contribution in [-0.2, 0) is 20.8 Å². The van der Waals surface area contributed by atoms with Gasteiger partial charge in [-0.3, -0.25) is 4.79 Å². The second-order valence-electron chi connectivity index (χ2n) is 7.91. The highest BCUT2D eigenvalue weighted by atomic mass is 35.5. The fraction of sp³-hybridized carbons (Fsp3) is 0.500. The third-order valence-corrected chi connectivity index (χ3v) is 5.53. The number of esters is 1. The lowest BCUT2D eigenvalue weighted by molar-refractivity contribution is -0.118. The molecule has 0 spiro atoms. The van der Waals surface area contributed by atoms with E-state index in [1.165, 1.54) is 0 Å². The van der Waals surface area contributed by atoms with Crippen LogP contribution in [0.15, 0.2) is 35.5 Å². The van der Waals surface area contributed by atoms with E-state index in [-0.39, 0.29) is 34.9 Å². The Morgan fingerprint density at radius 2 is 2.00 bits per heavy atom. The van der Waals surface area contributed by atoms with Crippen LogP contribution in [0.25, 0.3) is 0 Å². The molecule has 1 aromatic rings. The number of hydrogen-bond acceptors (Lipinski definition) is 8. The lowest BCUT2D eigenvalue weighted by Crippen LogP contribution is -2.22. The molecule has 0 aliphatic carbocycles. The van der Waals surface area contributed by atoms with Crippen molar-refractivity contribution < 1.29 is 34.5 Å². The zero-order valence-corrected chi connectivity index (χ0v) is 21.9. The van der Waals surface area contributed by atoms with E-state index in [1.54, 1.807) is 36.1 Å². The van der Waals surface area contributed by atoms with E-state index < -0.39 is 17.8 Å². The van der Waals surface area contributed by atoms with Crippen molar-refractivity contribution in [3.8, 4) is 11.5 Å². The number of rotatable bonds is 7. The van der Waals surface area contributed by atoms with Gasteiger partial charge in [0.2, 0.25) is 6.41 Å². The van der Waals surface area contributed by atoms with Gasteiger partial charge in [0, 0.05) is 25.6 Å². The number of aromatic hydroxyl groups is 2. The highest BCUT2D eigenvalue weighted by molar-refractivity contribution is 6.33. The second-order valence-corrected chi connectivity index (χ2v) is 8.28. The number of unbranched alkanes of at least 4 members (excludes halogenated alkanes) is 1. The number of amides is 1. The summed E-state index contributed by atoms with van der Waals surface area (Å²) in [6, 6.07) is 0.997. The average molecular weight is 525 g/mol. The third kappa shape index (κ3) is 10.7. The van der Waals surface area contributed by atoms with Gasteiger partial charge < -0.3 is 29.8 Å². The maximum Gasteiger partial charge on any atom is 0.342 e. The molecule has 1 aromatic carbocycles. The molecular formula is C26H37ClN2O7. The molecule has 1 heterocycles. The molecule has 10 heteroatoms. The Morgan fingerprint density at radius 3 is 2.64 bits per heavy atom. The van der Waals surface area contributed by atoms with Crippen LogP contribution in [0.2, 0.25) is 5.02 Å². The molecule has 2 rings (SSSR count). The number of carbonyl (C=O) groups excluding carboxylic acids is 2. The van der Waals surface area contributed by atoms with Gasteiger partial charge >= 0.3 is 5.97 Å². The molecule has 200 valence electrons. The van der Waals surface area contributed by atoms with Crippen LogP contribution >= 0.6 is 11.6 Å². The van der Waals surface area contributed by atoms with Crippen LogP contribution in [0.5, 0.6) is 11.5 Å². The monoisotopic (exact) mass is 524 g/mol. The van der Waals surface area contributed by atoms with Crippen LogP contribution in [0.3, 0.4) is 0 Å². The molecule has 1 amide bonds. The first-order valence-corrected chi connectivity index (χ1v) is 12.5. The first kappa shape index (κ1) is 31.0. The van der Waals surface area contributed by atoms with Crippen molar-refractivity contribution in [2.75, 3.05) is 26.3 Å². The van der Waals surface area contributed by atoms with E-state index in [2.05, 4.69) is 12.1 Å². The number of ether oxygens (including phenoxy) is 1. The number of fused-ring (bicyclic) bond motifs is 1. The summed E-state index contributed by atoms with van der Waals surface area (Å²) in [4.78, 5) is 29.5. The Morgan fingerprint density at radius 1 is 1.25 bits per heavy atom. The van der Waals surface area contributed by atoms with Crippen molar-refractivity contribution in [3.63, 3.8) is 0 Å². The van der Waals surface area contributed by atoms with Crippen LogP contribution in [0.1, 0.15) is 62.4 Å². The zero-order chi connectivity index (χ0) is 26.9. The van der Waals surface area contributed by atoms with Crippen molar-refractivity contribution in [1.82, 2.24) is 4.90 Å². The fourth-order valence-corrected chi connectivity index (χ4v) is 3.36. The summed E-state index contributed by atoms with van der Waals surface area (Å²) in [7, 11) is 0. The Kier molecular flexibility index (Phi) is 15.0. The van der Waals surface area contributed by atoms with Gasteiger partial charge in [-0.25, -0.2) is 4.79 Å². The first-order valence-electron chi connectivity index (χ1n) is 12.1. The summed E-state index contributed by atoms with van der Waals surface area (Å²) in [5.41, 5.74) is 0.443.